The van der Waals surface area contributed by atoms with Crippen LogP contribution in [0.2, 0.25) is 0 Å². The molecule has 0 saturated heterocycles. The number of amides is 1. The van der Waals surface area contributed by atoms with Crippen LogP contribution in [0.3, 0.4) is 0 Å². The largest absolute Gasteiger partial charge is 0.465 e. The zero-order chi connectivity index (χ0) is 15.5. The molecule has 6 nitrogen and oxygen atoms in total. The van der Waals surface area contributed by atoms with E-state index in [1.165, 1.54) is 13.3 Å². The summed E-state index contributed by atoms with van der Waals surface area (Å²) in [5.41, 5.74) is 2.68. The monoisotopic (exact) mass is 297 g/mol. The van der Waals surface area contributed by atoms with Crippen molar-refractivity contribution in [3.8, 4) is 0 Å². The lowest BCUT2D eigenvalue weighted by Crippen LogP contribution is -2.37. The second-order valence-corrected chi connectivity index (χ2v) is 5.01. The van der Waals surface area contributed by atoms with Crippen molar-refractivity contribution < 1.29 is 14.3 Å². The minimum absolute atomic E-state index is 0.116. The number of carbonyl (C=O) groups is 2. The van der Waals surface area contributed by atoms with Crippen molar-refractivity contribution in [3.05, 3.63) is 59.2 Å². The Hall–Kier alpha value is -2.76. The third kappa shape index (κ3) is 2.55. The quantitative estimate of drug-likeness (QED) is 0.785. The molecule has 2 aromatic heterocycles. The Morgan fingerprint density at radius 3 is 2.86 bits per heavy atom. The second kappa shape index (κ2) is 5.93. The fraction of sp³-hybridized carbons (Fsp3) is 0.250. The number of carbonyl (C=O) groups excluding carboxylic acids is 2. The van der Waals surface area contributed by atoms with Gasteiger partial charge < -0.3 is 9.64 Å². The van der Waals surface area contributed by atoms with Gasteiger partial charge in [0.2, 0.25) is 0 Å². The Labute approximate surface area is 127 Å². The number of fused-ring (bicyclic) bond motifs is 1. The molecule has 1 aliphatic rings. The highest BCUT2D eigenvalue weighted by Gasteiger charge is 2.26. The van der Waals surface area contributed by atoms with E-state index in [-0.39, 0.29) is 5.91 Å². The number of methoxy groups -OCH3 is 1. The summed E-state index contributed by atoms with van der Waals surface area (Å²) in [6.45, 7) is 0.957. The van der Waals surface area contributed by atoms with Gasteiger partial charge in [0.1, 0.15) is 5.69 Å². The lowest BCUT2D eigenvalue weighted by atomic mass is 9.97. The Balaban J connectivity index is 1.86. The lowest BCUT2D eigenvalue weighted by Gasteiger charge is -2.29. The van der Waals surface area contributed by atoms with Crippen LogP contribution in [-0.4, -0.2) is 40.4 Å². The number of hydrogen-bond donors (Lipinski definition) is 0. The summed E-state index contributed by atoms with van der Waals surface area (Å²) in [6.07, 6.45) is 5.41. The van der Waals surface area contributed by atoms with Gasteiger partial charge in [-0.15, -0.1) is 0 Å². The molecule has 6 heteroatoms. The maximum absolute atomic E-state index is 12.4. The fourth-order valence-corrected chi connectivity index (χ4v) is 2.60. The zero-order valence-electron chi connectivity index (χ0n) is 12.2. The number of aromatic nitrogens is 2. The maximum atomic E-state index is 12.4. The molecule has 22 heavy (non-hydrogen) atoms. The predicted octanol–water partition coefficient (Wildman–Crippen LogP) is 1.46. The number of pyridine rings is 2. The molecule has 0 aromatic carbocycles. The molecule has 3 rings (SSSR count). The van der Waals surface area contributed by atoms with Gasteiger partial charge in [0.05, 0.1) is 12.7 Å². The number of hydrogen-bond acceptors (Lipinski definition) is 5. The first-order valence-corrected chi connectivity index (χ1v) is 6.95. The molecule has 1 amide bonds. The van der Waals surface area contributed by atoms with E-state index in [9.17, 15) is 9.59 Å². The van der Waals surface area contributed by atoms with E-state index in [1.54, 1.807) is 35.5 Å². The molecule has 112 valence electrons. The Morgan fingerprint density at radius 1 is 1.27 bits per heavy atom. The van der Waals surface area contributed by atoms with Crippen LogP contribution in [0.25, 0.3) is 0 Å². The van der Waals surface area contributed by atoms with E-state index in [2.05, 4.69) is 9.97 Å². The van der Waals surface area contributed by atoms with Crippen LogP contribution in [0.4, 0.5) is 0 Å². The summed E-state index contributed by atoms with van der Waals surface area (Å²) < 4.78 is 4.78. The molecule has 0 aliphatic carbocycles. The highest BCUT2D eigenvalue weighted by molar-refractivity contribution is 5.93. The zero-order valence-corrected chi connectivity index (χ0v) is 12.2. The van der Waals surface area contributed by atoms with Crippen LogP contribution in [0.1, 0.15) is 32.0 Å². The van der Waals surface area contributed by atoms with Gasteiger partial charge in [-0.2, -0.15) is 0 Å². The molecule has 0 atom stereocenters. The van der Waals surface area contributed by atoms with E-state index < -0.39 is 5.97 Å². The van der Waals surface area contributed by atoms with Gasteiger partial charge in [0.25, 0.3) is 5.91 Å². The summed E-state index contributed by atoms with van der Waals surface area (Å²) >= 11 is 0. The molecule has 0 bridgehead atoms. The third-order valence-electron chi connectivity index (χ3n) is 3.72. The van der Waals surface area contributed by atoms with Gasteiger partial charge >= 0.3 is 5.97 Å². The van der Waals surface area contributed by atoms with Gasteiger partial charge in [0, 0.05) is 31.7 Å². The molecular weight excluding hydrogens is 282 g/mol. The first kappa shape index (κ1) is 14.2. The molecule has 0 spiro atoms. The van der Waals surface area contributed by atoms with Crippen LogP contribution in [0, 0.1) is 0 Å². The van der Waals surface area contributed by atoms with Crippen LogP contribution in [0.5, 0.6) is 0 Å². The summed E-state index contributed by atoms with van der Waals surface area (Å²) in [5.74, 6) is -0.511. The van der Waals surface area contributed by atoms with Gasteiger partial charge in [-0.3, -0.25) is 14.8 Å². The van der Waals surface area contributed by atoms with Crippen molar-refractivity contribution in [1.82, 2.24) is 14.9 Å². The number of rotatable bonds is 2. The van der Waals surface area contributed by atoms with Crippen LogP contribution in [-0.2, 0) is 17.7 Å². The van der Waals surface area contributed by atoms with Crippen LogP contribution in [0.15, 0.2) is 36.8 Å². The Morgan fingerprint density at radius 2 is 2.14 bits per heavy atom. The maximum Gasteiger partial charge on any atom is 0.339 e. The lowest BCUT2D eigenvalue weighted by molar-refractivity contribution is 0.0598. The molecule has 0 saturated carbocycles. The highest BCUT2D eigenvalue weighted by atomic mass is 16.5. The van der Waals surface area contributed by atoms with E-state index in [4.69, 9.17) is 4.74 Å². The SMILES string of the molecule is COC(=O)c1cncc2c1CCN(C(=O)c1ccccn1)C2. The predicted molar refractivity (Wildman–Crippen MR) is 78.3 cm³/mol. The number of ether oxygens (including phenoxy) is 1. The Bertz CT molecular complexity index is 716. The van der Waals surface area contributed by atoms with Crippen molar-refractivity contribution in [2.75, 3.05) is 13.7 Å². The molecule has 0 N–H and O–H groups in total. The molecule has 3 heterocycles. The smallest absolute Gasteiger partial charge is 0.339 e. The van der Waals surface area contributed by atoms with Gasteiger partial charge in [-0.1, -0.05) is 6.07 Å². The van der Waals surface area contributed by atoms with E-state index >= 15 is 0 Å². The van der Waals surface area contributed by atoms with Crippen LogP contribution < -0.4 is 0 Å². The molecular formula is C16H15N3O3. The molecule has 0 radical (unpaired) electrons. The fourth-order valence-electron chi connectivity index (χ4n) is 2.60. The van der Waals surface area contributed by atoms with E-state index in [1.807, 2.05) is 0 Å². The molecule has 0 unspecified atom stereocenters. The average Bonchev–Trinajstić information content (AvgIpc) is 2.60. The van der Waals surface area contributed by atoms with Crippen molar-refractivity contribution in [2.24, 2.45) is 0 Å². The van der Waals surface area contributed by atoms with Gasteiger partial charge in [-0.05, 0) is 29.7 Å². The topological polar surface area (TPSA) is 72.4 Å². The number of esters is 1. The average molecular weight is 297 g/mol. The highest BCUT2D eigenvalue weighted by Crippen LogP contribution is 2.23. The standard InChI is InChI=1S/C16H15N3O3/c1-22-16(21)13-9-17-8-11-10-19(7-5-12(11)13)15(20)14-4-2-3-6-18-14/h2-4,6,8-9H,5,7,10H2,1H3. The Kier molecular flexibility index (Phi) is 3.82. The minimum Gasteiger partial charge on any atom is -0.465 e. The van der Waals surface area contributed by atoms with E-state index in [0.29, 0.717) is 30.8 Å². The summed E-state index contributed by atoms with van der Waals surface area (Å²) in [7, 11) is 1.35. The summed E-state index contributed by atoms with van der Waals surface area (Å²) in [4.78, 5) is 34.1. The second-order valence-electron chi connectivity index (χ2n) is 5.01. The normalized spacial score (nSPS) is 13.4. The first-order valence-electron chi connectivity index (χ1n) is 6.95. The molecule has 0 fully saturated rings. The van der Waals surface area contributed by atoms with Gasteiger partial charge in [-0.25, -0.2) is 4.79 Å². The van der Waals surface area contributed by atoms with E-state index in [0.717, 1.165) is 11.1 Å². The van der Waals surface area contributed by atoms with Crippen molar-refractivity contribution in [3.63, 3.8) is 0 Å². The minimum atomic E-state index is -0.395. The third-order valence-corrected chi connectivity index (χ3v) is 3.72. The van der Waals surface area contributed by atoms with Gasteiger partial charge in [0.15, 0.2) is 0 Å². The summed E-state index contributed by atoms with van der Waals surface area (Å²) in [5, 5.41) is 0. The van der Waals surface area contributed by atoms with Crippen LogP contribution >= 0.6 is 0 Å². The number of nitrogens with zero attached hydrogens (tertiary/aromatic N) is 3. The first-order chi connectivity index (χ1) is 10.7. The molecule has 1 aliphatic heterocycles. The van der Waals surface area contributed by atoms with Crippen molar-refractivity contribution >= 4 is 11.9 Å². The van der Waals surface area contributed by atoms with Crippen molar-refractivity contribution in [2.45, 2.75) is 13.0 Å². The molecule has 2 aromatic rings. The van der Waals surface area contributed by atoms with Crippen molar-refractivity contribution in [1.29, 1.82) is 0 Å². The summed E-state index contributed by atoms with van der Waals surface area (Å²) in [6, 6.07) is 5.25.